The Morgan fingerprint density at radius 1 is 1.15 bits per heavy atom. The molecule has 1 aromatic heterocycles. The van der Waals surface area contributed by atoms with Crippen LogP contribution in [-0.2, 0) is 16.4 Å². The van der Waals surface area contributed by atoms with Gasteiger partial charge in [-0.05, 0) is 50.1 Å². The van der Waals surface area contributed by atoms with Crippen LogP contribution in [0.3, 0.4) is 0 Å². The number of rotatable bonds is 6. The number of nitrogens with zero attached hydrogens (tertiary/aromatic N) is 1. The van der Waals surface area contributed by atoms with Crippen molar-refractivity contribution in [3.63, 3.8) is 0 Å². The normalized spacial score (nSPS) is 11.8. The van der Waals surface area contributed by atoms with E-state index in [9.17, 15) is 18.3 Å². The number of halogens is 1. The molecule has 0 saturated carbocycles. The van der Waals surface area contributed by atoms with Crippen LogP contribution in [-0.4, -0.2) is 23.5 Å². The number of hydrogen-bond donors (Lipinski definition) is 1. The van der Waals surface area contributed by atoms with Crippen molar-refractivity contribution in [3.8, 4) is 0 Å². The van der Waals surface area contributed by atoms with Gasteiger partial charge in [0.1, 0.15) is 0 Å². The van der Waals surface area contributed by atoms with Gasteiger partial charge in [0.05, 0.1) is 21.7 Å². The minimum Gasteiger partial charge on any atom is -0.478 e. The molecule has 0 radical (unpaired) electrons. The van der Waals surface area contributed by atoms with E-state index in [4.69, 9.17) is 11.6 Å². The maximum absolute atomic E-state index is 13.4. The molecule has 7 heteroatoms. The fourth-order valence-electron chi connectivity index (χ4n) is 3.19. The Morgan fingerprint density at radius 3 is 2.41 bits per heavy atom. The first-order valence-corrected chi connectivity index (χ1v) is 10.5. The molecule has 1 N–H and O–H groups in total. The lowest BCUT2D eigenvalue weighted by molar-refractivity contribution is 0.0697. The van der Waals surface area contributed by atoms with Gasteiger partial charge in [-0.3, -0.25) is 0 Å². The molecule has 0 bridgehead atoms. The first-order chi connectivity index (χ1) is 12.8. The number of carbonyl (C=O) groups is 1. The molecule has 3 aromatic rings. The van der Waals surface area contributed by atoms with Crippen molar-refractivity contribution in [2.45, 2.75) is 38.0 Å². The summed E-state index contributed by atoms with van der Waals surface area (Å²) in [6.07, 6.45) is 1.83. The van der Waals surface area contributed by atoms with Crippen LogP contribution in [0.5, 0.6) is 0 Å². The van der Waals surface area contributed by atoms with Gasteiger partial charge in [-0.15, -0.1) is 0 Å². The molecule has 0 unspecified atom stereocenters. The molecular formula is C20H20ClNO4S. The molecule has 5 nitrogen and oxygen atoms in total. The van der Waals surface area contributed by atoms with Crippen molar-refractivity contribution in [1.29, 1.82) is 0 Å². The molecule has 0 amide bonds. The Bertz CT molecular complexity index is 1120. The van der Waals surface area contributed by atoms with E-state index < -0.39 is 16.0 Å². The summed E-state index contributed by atoms with van der Waals surface area (Å²) in [5.74, 6) is -1.16. The summed E-state index contributed by atoms with van der Waals surface area (Å²) in [4.78, 5) is 12.1. The summed E-state index contributed by atoms with van der Waals surface area (Å²) in [5.41, 5.74) is 1.54. The minimum absolute atomic E-state index is 0.00311. The third kappa shape index (κ3) is 3.47. The SMILES string of the molecule is CCCCc1c(C(=O)O)c2cc(Cl)ccc2n1S(=O)(=O)c1ccc(C)cc1. The first-order valence-electron chi connectivity index (χ1n) is 8.65. The maximum Gasteiger partial charge on any atom is 0.338 e. The quantitative estimate of drug-likeness (QED) is 0.634. The van der Waals surface area contributed by atoms with Crippen molar-refractivity contribution < 1.29 is 18.3 Å². The van der Waals surface area contributed by atoms with E-state index in [-0.39, 0.29) is 16.2 Å². The van der Waals surface area contributed by atoms with Crippen LogP contribution in [0.4, 0.5) is 0 Å². The molecule has 1 heterocycles. The molecule has 142 valence electrons. The summed E-state index contributed by atoms with van der Waals surface area (Å²) in [6, 6.07) is 11.2. The van der Waals surface area contributed by atoms with Crippen LogP contribution < -0.4 is 0 Å². The predicted octanol–water partition coefficient (Wildman–Crippen LogP) is 4.88. The number of aromatic nitrogens is 1. The first kappa shape index (κ1) is 19.5. The highest BCUT2D eigenvalue weighted by atomic mass is 35.5. The number of carboxylic acid groups (broad SMARTS) is 1. The smallest absolute Gasteiger partial charge is 0.338 e. The van der Waals surface area contributed by atoms with E-state index in [0.29, 0.717) is 28.8 Å². The summed E-state index contributed by atoms with van der Waals surface area (Å²) in [6.45, 7) is 3.84. The Balaban J connectivity index is 2.40. The number of aryl methyl sites for hydroxylation is 1. The summed E-state index contributed by atoms with van der Waals surface area (Å²) < 4.78 is 28.0. The van der Waals surface area contributed by atoms with Crippen LogP contribution in [0.25, 0.3) is 10.9 Å². The Morgan fingerprint density at radius 2 is 1.81 bits per heavy atom. The lowest BCUT2D eigenvalue weighted by Crippen LogP contribution is -2.17. The summed E-state index contributed by atoms with van der Waals surface area (Å²) in [5, 5.41) is 10.5. The van der Waals surface area contributed by atoms with Gasteiger partial charge < -0.3 is 5.11 Å². The zero-order valence-corrected chi connectivity index (χ0v) is 16.6. The zero-order chi connectivity index (χ0) is 19.8. The number of carboxylic acids is 1. The highest BCUT2D eigenvalue weighted by Crippen LogP contribution is 2.33. The van der Waals surface area contributed by atoms with E-state index in [1.165, 1.54) is 22.2 Å². The molecule has 3 rings (SSSR count). The van der Waals surface area contributed by atoms with E-state index in [1.54, 1.807) is 24.3 Å². The average molecular weight is 406 g/mol. The van der Waals surface area contributed by atoms with E-state index in [2.05, 4.69) is 0 Å². The van der Waals surface area contributed by atoms with Gasteiger partial charge in [-0.25, -0.2) is 17.2 Å². The Labute approximate surface area is 163 Å². The number of unbranched alkanes of at least 4 members (excludes halogenated alkanes) is 1. The second-order valence-electron chi connectivity index (χ2n) is 6.47. The standard InChI is InChI=1S/C20H20ClNO4S/c1-3-4-5-18-19(20(23)24)16-12-14(21)8-11-17(16)22(18)27(25,26)15-9-6-13(2)7-10-15/h6-12H,3-5H2,1-2H3,(H,23,24). The molecule has 0 aliphatic heterocycles. The van der Waals surface area contributed by atoms with Gasteiger partial charge >= 0.3 is 5.97 Å². The van der Waals surface area contributed by atoms with E-state index in [1.807, 2.05) is 13.8 Å². The number of benzene rings is 2. The minimum atomic E-state index is -3.96. The van der Waals surface area contributed by atoms with Crippen molar-refractivity contribution in [1.82, 2.24) is 3.97 Å². The fraction of sp³-hybridized carbons (Fsp3) is 0.250. The molecule has 0 atom stereocenters. The van der Waals surface area contributed by atoms with Gasteiger partial charge in [0, 0.05) is 10.4 Å². The second kappa shape index (κ2) is 7.37. The molecule has 2 aromatic carbocycles. The summed E-state index contributed by atoms with van der Waals surface area (Å²) >= 11 is 6.06. The van der Waals surface area contributed by atoms with Gasteiger partial charge in [-0.1, -0.05) is 42.6 Å². The number of aromatic carboxylic acids is 1. The maximum atomic E-state index is 13.4. The number of hydrogen-bond acceptors (Lipinski definition) is 3. The van der Waals surface area contributed by atoms with Crippen LogP contribution in [0.15, 0.2) is 47.4 Å². The molecule has 0 spiro atoms. The molecule has 27 heavy (non-hydrogen) atoms. The third-order valence-corrected chi connectivity index (χ3v) is 6.52. The zero-order valence-electron chi connectivity index (χ0n) is 15.1. The molecule has 0 saturated heterocycles. The Hall–Kier alpha value is -2.31. The molecule has 0 aliphatic carbocycles. The number of fused-ring (bicyclic) bond motifs is 1. The highest BCUT2D eigenvalue weighted by molar-refractivity contribution is 7.90. The van der Waals surface area contributed by atoms with Gasteiger partial charge in [0.2, 0.25) is 0 Å². The predicted molar refractivity (Wildman–Crippen MR) is 106 cm³/mol. The monoisotopic (exact) mass is 405 g/mol. The molecule has 0 aliphatic rings. The molecule has 0 fully saturated rings. The lowest BCUT2D eigenvalue weighted by Gasteiger charge is -2.13. The van der Waals surface area contributed by atoms with Crippen molar-refractivity contribution >= 4 is 38.5 Å². The molecular weight excluding hydrogens is 386 g/mol. The van der Waals surface area contributed by atoms with Crippen molar-refractivity contribution in [2.24, 2.45) is 0 Å². The van der Waals surface area contributed by atoms with E-state index >= 15 is 0 Å². The van der Waals surface area contributed by atoms with Crippen LogP contribution in [0.1, 0.15) is 41.4 Å². The largest absolute Gasteiger partial charge is 0.478 e. The third-order valence-electron chi connectivity index (χ3n) is 4.52. The Kier molecular flexibility index (Phi) is 5.31. The van der Waals surface area contributed by atoms with Crippen LogP contribution >= 0.6 is 11.6 Å². The second-order valence-corrected chi connectivity index (χ2v) is 8.70. The van der Waals surface area contributed by atoms with Gasteiger partial charge in [0.25, 0.3) is 10.0 Å². The van der Waals surface area contributed by atoms with Crippen molar-refractivity contribution in [3.05, 3.63) is 64.3 Å². The topological polar surface area (TPSA) is 76.4 Å². The van der Waals surface area contributed by atoms with Crippen LogP contribution in [0.2, 0.25) is 5.02 Å². The van der Waals surface area contributed by atoms with E-state index in [0.717, 1.165) is 12.0 Å². The van der Waals surface area contributed by atoms with Crippen LogP contribution in [0, 0.1) is 6.92 Å². The fourth-order valence-corrected chi connectivity index (χ4v) is 4.94. The van der Waals surface area contributed by atoms with Gasteiger partial charge in [0.15, 0.2) is 0 Å². The van der Waals surface area contributed by atoms with Gasteiger partial charge in [-0.2, -0.15) is 0 Å². The average Bonchev–Trinajstić information content (AvgIpc) is 2.94. The van der Waals surface area contributed by atoms with Crippen molar-refractivity contribution in [2.75, 3.05) is 0 Å². The summed E-state index contributed by atoms with van der Waals surface area (Å²) in [7, 11) is -3.96. The highest BCUT2D eigenvalue weighted by Gasteiger charge is 2.29. The lowest BCUT2D eigenvalue weighted by atomic mass is 10.1.